The Kier molecular flexibility index (Phi) is 8.65. The molecule has 0 aliphatic heterocycles. The summed E-state index contributed by atoms with van der Waals surface area (Å²) in [5.74, 6) is 0.287. The Morgan fingerprint density at radius 3 is 2.33 bits per heavy atom. The summed E-state index contributed by atoms with van der Waals surface area (Å²) in [7, 11) is 3.04. The van der Waals surface area contributed by atoms with Crippen LogP contribution in [0.25, 0.3) is 22.4 Å². The van der Waals surface area contributed by atoms with E-state index in [2.05, 4.69) is 16.4 Å². The molecule has 4 aromatic rings. The van der Waals surface area contributed by atoms with Crippen molar-refractivity contribution in [3.63, 3.8) is 0 Å². The number of thioether (sulfide) groups is 1. The second-order valence-corrected chi connectivity index (χ2v) is 9.66. The van der Waals surface area contributed by atoms with E-state index in [-0.39, 0.29) is 17.0 Å². The summed E-state index contributed by atoms with van der Waals surface area (Å²) in [5, 5.41) is 12.9. The largest absolute Gasteiger partial charge is 0.493 e. The third-order valence-electron chi connectivity index (χ3n) is 5.95. The van der Waals surface area contributed by atoms with Crippen LogP contribution in [-0.2, 0) is 11.0 Å². The van der Waals surface area contributed by atoms with E-state index in [9.17, 15) is 23.2 Å². The van der Waals surface area contributed by atoms with Crippen LogP contribution in [0.5, 0.6) is 11.5 Å². The molecule has 0 aliphatic rings. The van der Waals surface area contributed by atoms with E-state index < -0.39 is 17.6 Å². The smallest absolute Gasteiger partial charge is 0.416 e. The standard InChI is InChI=1S/C30H24F3N3O3S/c1-18-7-9-19(10-8-18)25-15-23(20-11-12-26(38-2)27(13-20)39-3)24(16-34)29(36-25)40-17-28(37)35-22-6-4-5-21(14-22)30(31,32)33/h4-15H,17H2,1-3H3,(H,35,37). The molecule has 4 rings (SSSR count). The summed E-state index contributed by atoms with van der Waals surface area (Å²) in [5.41, 5.74) is 3.13. The number of anilines is 1. The lowest BCUT2D eigenvalue weighted by atomic mass is 9.98. The molecule has 0 saturated carbocycles. The monoisotopic (exact) mass is 563 g/mol. The minimum absolute atomic E-state index is 0.0216. The zero-order chi connectivity index (χ0) is 28.9. The van der Waals surface area contributed by atoms with Crippen molar-refractivity contribution in [2.24, 2.45) is 0 Å². The molecular weight excluding hydrogens is 539 g/mol. The Morgan fingerprint density at radius 1 is 0.975 bits per heavy atom. The first-order valence-corrected chi connectivity index (χ1v) is 13.0. The van der Waals surface area contributed by atoms with E-state index in [1.807, 2.05) is 31.2 Å². The van der Waals surface area contributed by atoms with Crippen LogP contribution in [0.15, 0.2) is 77.8 Å². The van der Waals surface area contributed by atoms with Gasteiger partial charge in [-0.25, -0.2) is 4.98 Å². The predicted octanol–water partition coefficient (Wildman–Crippen LogP) is 7.36. The summed E-state index contributed by atoms with van der Waals surface area (Å²) in [6.45, 7) is 1.97. The number of aromatic nitrogens is 1. The Hall–Kier alpha value is -4.49. The zero-order valence-electron chi connectivity index (χ0n) is 21.8. The van der Waals surface area contributed by atoms with Crippen LogP contribution >= 0.6 is 11.8 Å². The van der Waals surface area contributed by atoms with Gasteiger partial charge in [0.25, 0.3) is 0 Å². The zero-order valence-corrected chi connectivity index (χ0v) is 22.6. The van der Waals surface area contributed by atoms with Crippen molar-refractivity contribution in [2.75, 3.05) is 25.3 Å². The van der Waals surface area contributed by atoms with Crippen LogP contribution in [0.4, 0.5) is 18.9 Å². The van der Waals surface area contributed by atoms with Crippen molar-refractivity contribution in [2.45, 2.75) is 18.1 Å². The number of carbonyl (C=O) groups excluding carboxylic acids is 1. The number of aryl methyl sites for hydroxylation is 1. The first-order chi connectivity index (χ1) is 19.1. The molecule has 0 spiro atoms. The SMILES string of the molecule is COc1ccc(-c2cc(-c3ccc(C)cc3)nc(SCC(=O)Nc3cccc(C(F)(F)F)c3)c2C#N)cc1OC. The maximum absolute atomic E-state index is 13.1. The molecule has 0 saturated heterocycles. The van der Waals surface area contributed by atoms with Crippen LogP contribution in [0.3, 0.4) is 0 Å². The van der Waals surface area contributed by atoms with Crippen molar-refractivity contribution in [3.05, 3.63) is 89.5 Å². The number of pyridine rings is 1. The van der Waals surface area contributed by atoms with Crippen LogP contribution in [0.1, 0.15) is 16.7 Å². The number of nitrogens with one attached hydrogen (secondary N) is 1. The highest BCUT2D eigenvalue weighted by Gasteiger charge is 2.30. The summed E-state index contributed by atoms with van der Waals surface area (Å²) in [4.78, 5) is 17.4. The van der Waals surface area contributed by atoms with Crippen molar-refractivity contribution in [3.8, 4) is 40.0 Å². The second-order valence-electron chi connectivity index (χ2n) is 8.70. The molecule has 1 N–H and O–H groups in total. The van der Waals surface area contributed by atoms with Gasteiger partial charge in [-0.15, -0.1) is 0 Å². The predicted molar refractivity (Wildman–Crippen MR) is 148 cm³/mol. The van der Waals surface area contributed by atoms with Gasteiger partial charge >= 0.3 is 6.18 Å². The first-order valence-electron chi connectivity index (χ1n) is 12.0. The molecule has 0 atom stereocenters. The number of methoxy groups -OCH3 is 2. The lowest BCUT2D eigenvalue weighted by molar-refractivity contribution is -0.137. The summed E-state index contributed by atoms with van der Waals surface area (Å²) >= 11 is 1.02. The fourth-order valence-electron chi connectivity index (χ4n) is 3.94. The summed E-state index contributed by atoms with van der Waals surface area (Å²) in [6, 6.07) is 21.4. The second kappa shape index (κ2) is 12.1. The van der Waals surface area contributed by atoms with Crippen molar-refractivity contribution in [1.82, 2.24) is 4.98 Å². The van der Waals surface area contributed by atoms with Crippen LogP contribution in [-0.4, -0.2) is 30.9 Å². The number of halogens is 3. The third-order valence-corrected chi connectivity index (χ3v) is 6.93. The van der Waals surface area contributed by atoms with Crippen LogP contribution < -0.4 is 14.8 Å². The maximum atomic E-state index is 13.1. The molecule has 1 heterocycles. The molecule has 0 unspecified atom stereocenters. The molecule has 1 amide bonds. The van der Waals surface area contributed by atoms with E-state index in [1.165, 1.54) is 26.4 Å². The molecule has 0 radical (unpaired) electrons. The molecule has 6 nitrogen and oxygen atoms in total. The molecule has 0 fully saturated rings. The van der Waals surface area contributed by atoms with Gasteiger partial charge in [0.2, 0.25) is 5.91 Å². The number of amides is 1. The minimum atomic E-state index is -4.53. The fourth-order valence-corrected chi connectivity index (χ4v) is 4.74. The average molecular weight is 564 g/mol. The van der Waals surface area contributed by atoms with Crippen molar-refractivity contribution in [1.29, 1.82) is 5.26 Å². The number of alkyl halides is 3. The van der Waals surface area contributed by atoms with E-state index >= 15 is 0 Å². The van der Waals surface area contributed by atoms with E-state index in [4.69, 9.17) is 9.47 Å². The van der Waals surface area contributed by atoms with Gasteiger partial charge < -0.3 is 14.8 Å². The van der Waals surface area contributed by atoms with Gasteiger partial charge in [0.05, 0.1) is 36.8 Å². The number of benzene rings is 3. The van der Waals surface area contributed by atoms with E-state index in [0.29, 0.717) is 33.3 Å². The molecule has 204 valence electrons. The maximum Gasteiger partial charge on any atom is 0.416 e. The van der Waals surface area contributed by atoms with Crippen molar-refractivity contribution >= 4 is 23.4 Å². The summed E-state index contributed by atoms with van der Waals surface area (Å²) in [6.07, 6.45) is -4.53. The molecule has 0 aliphatic carbocycles. The number of carbonyl (C=O) groups is 1. The highest BCUT2D eigenvalue weighted by molar-refractivity contribution is 8.00. The molecule has 1 aromatic heterocycles. The molecule has 3 aromatic carbocycles. The average Bonchev–Trinajstić information content (AvgIpc) is 2.95. The molecular formula is C30H24F3N3O3S. The van der Waals surface area contributed by atoms with Gasteiger partial charge in [0.15, 0.2) is 11.5 Å². The molecule has 40 heavy (non-hydrogen) atoms. The lowest BCUT2D eigenvalue weighted by Gasteiger charge is -2.15. The minimum Gasteiger partial charge on any atom is -0.493 e. The van der Waals surface area contributed by atoms with E-state index in [0.717, 1.165) is 35.0 Å². The number of hydrogen-bond donors (Lipinski definition) is 1. The van der Waals surface area contributed by atoms with Crippen LogP contribution in [0.2, 0.25) is 0 Å². The Labute approximate surface area is 233 Å². The highest BCUT2D eigenvalue weighted by atomic mass is 32.2. The number of nitriles is 1. The van der Waals surface area contributed by atoms with Gasteiger partial charge in [0.1, 0.15) is 11.1 Å². The number of hydrogen-bond acceptors (Lipinski definition) is 6. The topological polar surface area (TPSA) is 84.2 Å². The fraction of sp³-hybridized carbons (Fsp3) is 0.167. The van der Waals surface area contributed by atoms with Gasteiger partial charge in [0, 0.05) is 16.8 Å². The molecule has 10 heteroatoms. The Balaban J connectivity index is 1.70. The Bertz CT molecular complexity index is 1580. The lowest BCUT2D eigenvalue weighted by Crippen LogP contribution is -2.15. The van der Waals surface area contributed by atoms with Gasteiger partial charge in [-0.1, -0.05) is 53.7 Å². The molecule has 0 bridgehead atoms. The number of ether oxygens (including phenoxy) is 2. The van der Waals surface area contributed by atoms with Crippen LogP contribution in [0, 0.1) is 18.3 Å². The van der Waals surface area contributed by atoms with E-state index in [1.54, 1.807) is 24.3 Å². The summed E-state index contributed by atoms with van der Waals surface area (Å²) < 4.78 is 49.9. The van der Waals surface area contributed by atoms with Gasteiger partial charge in [-0.3, -0.25) is 4.79 Å². The third kappa shape index (κ3) is 6.55. The highest BCUT2D eigenvalue weighted by Crippen LogP contribution is 2.38. The van der Waals surface area contributed by atoms with Gasteiger partial charge in [-0.2, -0.15) is 18.4 Å². The quantitative estimate of drug-likeness (QED) is 0.226. The van der Waals surface area contributed by atoms with Crippen molar-refractivity contribution < 1.29 is 27.4 Å². The van der Waals surface area contributed by atoms with Gasteiger partial charge in [-0.05, 0) is 48.9 Å². The number of rotatable bonds is 8. The first kappa shape index (κ1) is 28.5. The normalized spacial score (nSPS) is 11.0. The number of nitrogens with zero attached hydrogens (tertiary/aromatic N) is 2. The Morgan fingerprint density at radius 2 is 1.68 bits per heavy atom.